The van der Waals surface area contributed by atoms with Crippen LogP contribution in [-0.2, 0) is 20.7 Å². The van der Waals surface area contributed by atoms with Gasteiger partial charge in [0, 0.05) is 6.07 Å². The van der Waals surface area contributed by atoms with E-state index in [0.717, 1.165) is 28.5 Å². The number of fused-ring (bicyclic) bond motifs is 1. The molecular weight excluding hydrogens is 340 g/mol. The van der Waals surface area contributed by atoms with Gasteiger partial charge in [0.05, 0.1) is 12.1 Å². The van der Waals surface area contributed by atoms with Crippen molar-refractivity contribution in [3.8, 4) is 0 Å². The normalized spacial score (nSPS) is 10.5. The molecule has 0 fully saturated rings. The Bertz CT molecular complexity index is 967. The summed E-state index contributed by atoms with van der Waals surface area (Å²) < 4.78 is 31.3. The largest absolute Gasteiger partial charge is 0.455 e. The van der Waals surface area contributed by atoms with Crippen LogP contribution < -0.4 is 5.32 Å². The second kappa shape index (κ2) is 7.74. The summed E-state index contributed by atoms with van der Waals surface area (Å²) in [4.78, 5) is 23.8. The molecule has 1 N–H and O–H groups in total. The number of hydrogen-bond donors (Lipinski definition) is 1. The van der Waals surface area contributed by atoms with Gasteiger partial charge in [0.15, 0.2) is 6.61 Å². The molecule has 6 heteroatoms. The van der Waals surface area contributed by atoms with Crippen LogP contribution in [0.1, 0.15) is 5.56 Å². The SMILES string of the molecule is O=C(COC(=O)Cc1cccc2ccccc12)Nc1ccc(F)cc1F. The van der Waals surface area contributed by atoms with Gasteiger partial charge in [-0.25, -0.2) is 8.78 Å². The monoisotopic (exact) mass is 355 g/mol. The van der Waals surface area contributed by atoms with Crippen molar-refractivity contribution in [3.63, 3.8) is 0 Å². The lowest BCUT2D eigenvalue weighted by molar-refractivity contribution is -0.146. The van der Waals surface area contributed by atoms with Gasteiger partial charge in [-0.15, -0.1) is 0 Å². The van der Waals surface area contributed by atoms with Crippen molar-refractivity contribution in [2.75, 3.05) is 11.9 Å². The maximum atomic E-state index is 13.5. The number of rotatable bonds is 5. The highest BCUT2D eigenvalue weighted by Gasteiger charge is 2.12. The molecule has 1 amide bonds. The first-order valence-corrected chi connectivity index (χ1v) is 7.90. The van der Waals surface area contributed by atoms with Crippen LogP contribution in [0.2, 0.25) is 0 Å². The molecule has 0 saturated heterocycles. The quantitative estimate of drug-likeness (QED) is 0.708. The van der Waals surface area contributed by atoms with Crippen molar-refractivity contribution in [1.29, 1.82) is 0 Å². The summed E-state index contributed by atoms with van der Waals surface area (Å²) in [6.07, 6.45) is 0.0134. The first kappa shape index (κ1) is 17.5. The number of benzene rings is 3. The minimum absolute atomic E-state index is 0.0134. The van der Waals surface area contributed by atoms with Crippen LogP contribution >= 0.6 is 0 Å². The number of hydrogen-bond acceptors (Lipinski definition) is 3. The zero-order chi connectivity index (χ0) is 18.5. The molecule has 26 heavy (non-hydrogen) atoms. The highest BCUT2D eigenvalue weighted by atomic mass is 19.1. The predicted octanol–water partition coefficient (Wildman–Crippen LogP) is 3.84. The summed E-state index contributed by atoms with van der Waals surface area (Å²) >= 11 is 0. The second-order valence-electron chi connectivity index (χ2n) is 5.65. The first-order valence-electron chi connectivity index (χ1n) is 7.90. The van der Waals surface area contributed by atoms with E-state index in [0.29, 0.717) is 6.07 Å². The standard InChI is InChI=1S/C20H15F2NO3/c21-15-8-9-18(17(22)11-15)23-19(24)12-26-20(25)10-14-6-3-5-13-4-1-2-7-16(13)14/h1-9,11H,10,12H2,(H,23,24). The second-order valence-corrected chi connectivity index (χ2v) is 5.65. The van der Waals surface area contributed by atoms with E-state index in [-0.39, 0.29) is 12.1 Å². The van der Waals surface area contributed by atoms with Gasteiger partial charge < -0.3 is 10.1 Å². The van der Waals surface area contributed by atoms with E-state index in [4.69, 9.17) is 4.74 Å². The molecule has 0 aromatic heterocycles. The van der Waals surface area contributed by atoms with Crippen LogP contribution in [0.3, 0.4) is 0 Å². The van der Waals surface area contributed by atoms with Crippen molar-refractivity contribution in [3.05, 3.63) is 77.9 Å². The van der Waals surface area contributed by atoms with E-state index < -0.39 is 30.1 Å². The van der Waals surface area contributed by atoms with Crippen LogP contribution in [0.25, 0.3) is 10.8 Å². The number of halogens is 2. The highest BCUT2D eigenvalue weighted by Crippen LogP contribution is 2.19. The van der Waals surface area contributed by atoms with E-state index in [2.05, 4.69) is 5.32 Å². The molecule has 3 rings (SSSR count). The maximum absolute atomic E-state index is 13.5. The van der Waals surface area contributed by atoms with Gasteiger partial charge in [0.1, 0.15) is 11.6 Å². The summed E-state index contributed by atoms with van der Waals surface area (Å²) in [6, 6.07) is 16.0. The molecule has 0 aliphatic carbocycles. The number of amides is 1. The van der Waals surface area contributed by atoms with Gasteiger partial charge in [0.25, 0.3) is 5.91 Å². The molecule has 0 bridgehead atoms. The van der Waals surface area contributed by atoms with E-state index >= 15 is 0 Å². The van der Waals surface area contributed by atoms with Crippen LogP contribution in [0.5, 0.6) is 0 Å². The fourth-order valence-electron chi connectivity index (χ4n) is 2.58. The summed E-state index contributed by atoms with van der Waals surface area (Å²) in [6.45, 7) is -0.555. The summed E-state index contributed by atoms with van der Waals surface area (Å²) in [5.74, 6) is -2.93. The lowest BCUT2D eigenvalue weighted by Gasteiger charge is -2.09. The molecule has 132 valence electrons. The minimum atomic E-state index is -0.902. The predicted molar refractivity (Wildman–Crippen MR) is 93.6 cm³/mol. The number of nitrogens with one attached hydrogen (secondary N) is 1. The molecule has 3 aromatic rings. The lowest BCUT2D eigenvalue weighted by atomic mass is 10.0. The smallest absolute Gasteiger partial charge is 0.310 e. The van der Waals surface area contributed by atoms with Crippen molar-refractivity contribution in [1.82, 2.24) is 0 Å². The zero-order valence-corrected chi connectivity index (χ0v) is 13.7. The minimum Gasteiger partial charge on any atom is -0.455 e. The Labute approximate surface area is 148 Å². The number of carbonyl (C=O) groups is 2. The van der Waals surface area contributed by atoms with Crippen molar-refractivity contribution >= 4 is 28.3 Å². The molecule has 4 nitrogen and oxygen atoms in total. The topological polar surface area (TPSA) is 55.4 Å². The molecule has 0 saturated carbocycles. The Morgan fingerprint density at radius 2 is 1.73 bits per heavy atom. The molecule has 0 radical (unpaired) electrons. The first-order chi connectivity index (χ1) is 12.5. The van der Waals surface area contributed by atoms with E-state index in [1.807, 2.05) is 42.5 Å². The number of ether oxygens (including phenoxy) is 1. The summed E-state index contributed by atoms with van der Waals surface area (Å²) in [5, 5.41) is 4.17. The summed E-state index contributed by atoms with van der Waals surface area (Å²) in [7, 11) is 0. The lowest BCUT2D eigenvalue weighted by Crippen LogP contribution is -2.22. The zero-order valence-electron chi connectivity index (χ0n) is 13.7. The van der Waals surface area contributed by atoms with Crippen molar-refractivity contribution in [2.45, 2.75) is 6.42 Å². The average Bonchev–Trinajstić information content (AvgIpc) is 2.63. The van der Waals surface area contributed by atoms with Crippen LogP contribution in [-0.4, -0.2) is 18.5 Å². The number of carbonyl (C=O) groups excluding carboxylic acids is 2. The van der Waals surface area contributed by atoms with E-state index in [1.165, 1.54) is 0 Å². The van der Waals surface area contributed by atoms with Gasteiger partial charge >= 0.3 is 5.97 Å². The third-order valence-corrected chi connectivity index (χ3v) is 3.78. The van der Waals surface area contributed by atoms with Crippen LogP contribution in [0.15, 0.2) is 60.7 Å². The van der Waals surface area contributed by atoms with Crippen molar-refractivity contribution in [2.24, 2.45) is 0 Å². The molecule has 3 aromatic carbocycles. The third kappa shape index (κ3) is 4.22. The number of anilines is 1. The molecule has 0 spiro atoms. The Balaban J connectivity index is 1.57. The van der Waals surface area contributed by atoms with Crippen LogP contribution in [0, 0.1) is 11.6 Å². The Morgan fingerprint density at radius 1 is 0.962 bits per heavy atom. The van der Waals surface area contributed by atoms with Gasteiger partial charge in [-0.2, -0.15) is 0 Å². The number of esters is 1. The van der Waals surface area contributed by atoms with Crippen LogP contribution in [0.4, 0.5) is 14.5 Å². The Hall–Kier alpha value is -3.28. The summed E-state index contributed by atoms with van der Waals surface area (Å²) in [5.41, 5.74) is 0.611. The molecule has 0 heterocycles. The van der Waals surface area contributed by atoms with E-state index in [1.54, 1.807) is 0 Å². The fraction of sp³-hybridized carbons (Fsp3) is 0.100. The van der Waals surface area contributed by atoms with Gasteiger partial charge in [-0.05, 0) is 28.5 Å². The van der Waals surface area contributed by atoms with Gasteiger partial charge in [-0.1, -0.05) is 42.5 Å². The van der Waals surface area contributed by atoms with Gasteiger partial charge in [-0.3, -0.25) is 9.59 Å². The molecule has 0 aliphatic heterocycles. The average molecular weight is 355 g/mol. The molecule has 0 atom stereocenters. The van der Waals surface area contributed by atoms with Crippen molar-refractivity contribution < 1.29 is 23.1 Å². The molecule has 0 aliphatic rings. The molecular formula is C20H15F2NO3. The highest BCUT2D eigenvalue weighted by molar-refractivity contribution is 5.93. The maximum Gasteiger partial charge on any atom is 0.310 e. The van der Waals surface area contributed by atoms with E-state index in [9.17, 15) is 18.4 Å². The fourth-order valence-corrected chi connectivity index (χ4v) is 2.58. The Kier molecular flexibility index (Phi) is 5.22. The molecule has 0 unspecified atom stereocenters. The van der Waals surface area contributed by atoms with Gasteiger partial charge in [0.2, 0.25) is 0 Å². The third-order valence-electron chi connectivity index (χ3n) is 3.78. The Morgan fingerprint density at radius 3 is 2.54 bits per heavy atom.